The summed E-state index contributed by atoms with van der Waals surface area (Å²) >= 11 is 3.39. The minimum Gasteiger partial charge on any atom is -0.383 e. The van der Waals surface area contributed by atoms with E-state index in [4.69, 9.17) is 5.73 Å². The van der Waals surface area contributed by atoms with Crippen molar-refractivity contribution in [2.45, 2.75) is 38.8 Å². The number of aliphatic hydroxyl groups excluding tert-OH is 1. The average molecular weight is 357 g/mol. The molecule has 0 unspecified atom stereocenters. The smallest absolute Gasteiger partial charge is 0.249 e. The van der Waals surface area contributed by atoms with Crippen LogP contribution in [0, 0.1) is 5.92 Å². The van der Waals surface area contributed by atoms with Gasteiger partial charge in [-0.3, -0.25) is 9.59 Å². The minimum absolute atomic E-state index is 0.182. The molecule has 0 aliphatic rings. The summed E-state index contributed by atoms with van der Waals surface area (Å²) in [5, 5.41) is 12.3. The van der Waals surface area contributed by atoms with Gasteiger partial charge in [-0.15, -0.1) is 0 Å². The van der Waals surface area contributed by atoms with Crippen LogP contribution in [0.15, 0.2) is 28.7 Å². The van der Waals surface area contributed by atoms with Crippen LogP contribution in [0.4, 0.5) is 0 Å². The zero-order valence-electron chi connectivity index (χ0n) is 12.2. The summed E-state index contributed by atoms with van der Waals surface area (Å²) in [6, 6.07) is 6.54. The number of hydrogen-bond acceptors (Lipinski definition) is 3. The molecule has 0 spiro atoms. The van der Waals surface area contributed by atoms with Gasteiger partial charge in [0.1, 0.15) is 12.1 Å². The van der Waals surface area contributed by atoms with Crippen LogP contribution in [0.3, 0.4) is 0 Å². The van der Waals surface area contributed by atoms with Gasteiger partial charge in [-0.2, -0.15) is 0 Å². The van der Waals surface area contributed by atoms with Gasteiger partial charge in [-0.25, -0.2) is 0 Å². The van der Waals surface area contributed by atoms with Gasteiger partial charge in [-0.1, -0.05) is 48.0 Å². The van der Waals surface area contributed by atoms with Crippen molar-refractivity contribution in [1.82, 2.24) is 5.32 Å². The maximum absolute atomic E-state index is 11.9. The van der Waals surface area contributed by atoms with Gasteiger partial charge in [0.05, 0.1) is 0 Å². The number of rotatable bonds is 7. The highest BCUT2D eigenvalue weighted by Crippen LogP contribution is 2.17. The number of primary amides is 1. The van der Waals surface area contributed by atoms with E-state index in [1.54, 1.807) is 0 Å². The van der Waals surface area contributed by atoms with E-state index in [2.05, 4.69) is 21.2 Å². The largest absolute Gasteiger partial charge is 0.383 e. The number of carbonyl (C=O) groups is 2. The van der Waals surface area contributed by atoms with E-state index in [-0.39, 0.29) is 12.3 Å². The molecule has 0 aromatic heterocycles. The molecule has 21 heavy (non-hydrogen) atoms. The zero-order valence-corrected chi connectivity index (χ0v) is 13.8. The maximum Gasteiger partial charge on any atom is 0.249 e. The molecule has 0 bridgehead atoms. The summed E-state index contributed by atoms with van der Waals surface area (Å²) in [7, 11) is 0. The first-order valence-electron chi connectivity index (χ1n) is 6.82. The van der Waals surface area contributed by atoms with Crippen LogP contribution in [0.1, 0.15) is 25.8 Å². The molecule has 0 saturated heterocycles. The monoisotopic (exact) mass is 356 g/mol. The first kappa shape index (κ1) is 17.7. The average Bonchev–Trinajstić information content (AvgIpc) is 2.39. The van der Waals surface area contributed by atoms with Gasteiger partial charge in [0, 0.05) is 10.9 Å². The zero-order chi connectivity index (χ0) is 16.0. The minimum atomic E-state index is -1.13. The van der Waals surface area contributed by atoms with Crippen molar-refractivity contribution in [2.24, 2.45) is 11.7 Å². The molecule has 2 atom stereocenters. The molecule has 6 heteroatoms. The van der Waals surface area contributed by atoms with E-state index < -0.39 is 24.0 Å². The number of nitrogens with one attached hydrogen (secondary N) is 1. The molecule has 116 valence electrons. The van der Waals surface area contributed by atoms with E-state index in [1.165, 1.54) is 0 Å². The molecule has 0 aliphatic heterocycles. The Morgan fingerprint density at radius 1 is 1.33 bits per heavy atom. The van der Waals surface area contributed by atoms with Crippen molar-refractivity contribution in [3.8, 4) is 0 Å². The summed E-state index contributed by atoms with van der Waals surface area (Å²) < 4.78 is 0.841. The predicted octanol–water partition coefficient (Wildman–Crippen LogP) is 1.37. The van der Waals surface area contributed by atoms with Gasteiger partial charge in [0.15, 0.2) is 0 Å². The number of aliphatic hydroxyl groups is 1. The van der Waals surface area contributed by atoms with Crippen molar-refractivity contribution in [3.05, 3.63) is 34.3 Å². The van der Waals surface area contributed by atoms with Crippen LogP contribution in [0.5, 0.6) is 0 Å². The van der Waals surface area contributed by atoms with Crippen LogP contribution in [-0.4, -0.2) is 29.1 Å². The highest BCUT2D eigenvalue weighted by atomic mass is 79.9. The molecule has 0 fully saturated rings. The molecule has 4 N–H and O–H groups in total. The van der Waals surface area contributed by atoms with E-state index in [9.17, 15) is 14.7 Å². The number of nitrogens with two attached hydrogens (primary N) is 1. The SMILES string of the molecule is CC(C)C[C@H](O)C(=O)N[C@@H](Cc1ccccc1Br)C(N)=O. The Hall–Kier alpha value is -1.40. The van der Waals surface area contributed by atoms with Gasteiger partial charge < -0.3 is 16.2 Å². The van der Waals surface area contributed by atoms with Crippen LogP contribution in [0.25, 0.3) is 0 Å². The summed E-state index contributed by atoms with van der Waals surface area (Å²) in [6.07, 6.45) is -0.519. The number of carbonyl (C=O) groups excluding carboxylic acids is 2. The molecular weight excluding hydrogens is 336 g/mol. The fraction of sp³-hybridized carbons (Fsp3) is 0.467. The van der Waals surface area contributed by atoms with Crippen molar-refractivity contribution in [2.75, 3.05) is 0 Å². The lowest BCUT2D eigenvalue weighted by molar-refractivity contribution is -0.133. The topological polar surface area (TPSA) is 92.4 Å². The molecule has 1 rings (SSSR count). The van der Waals surface area contributed by atoms with E-state index in [0.717, 1.165) is 10.0 Å². The second kappa shape index (κ2) is 8.14. The Labute approximate surface area is 133 Å². The maximum atomic E-state index is 11.9. The van der Waals surface area contributed by atoms with E-state index in [0.29, 0.717) is 6.42 Å². The van der Waals surface area contributed by atoms with E-state index in [1.807, 2.05) is 38.1 Å². The summed E-state index contributed by atoms with van der Waals surface area (Å²) in [6.45, 7) is 3.81. The quantitative estimate of drug-likeness (QED) is 0.688. The fourth-order valence-corrected chi connectivity index (χ4v) is 2.37. The second-order valence-electron chi connectivity index (χ2n) is 5.40. The lowest BCUT2D eigenvalue weighted by atomic mass is 10.0. The first-order valence-corrected chi connectivity index (χ1v) is 7.61. The first-order chi connectivity index (χ1) is 9.81. The Balaban J connectivity index is 2.73. The molecule has 0 radical (unpaired) electrons. The predicted molar refractivity (Wildman–Crippen MR) is 84.4 cm³/mol. The van der Waals surface area contributed by atoms with Crippen LogP contribution >= 0.6 is 15.9 Å². The second-order valence-corrected chi connectivity index (χ2v) is 6.26. The summed E-state index contributed by atoms with van der Waals surface area (Å²) in [5.41, 5.74) is 6.19. The third-order valence-electron chi connectivity index (χ3n) is 3.04. The van der Waals surface area contributed by atoms with Crippen LogP contribution in [-0.2, 0) is 16.0 Å². The summed E-state index contributed by atoms with van der Waals surface area (Å²) in [5.74, 6) is -1.02. The van der Waals surface area contributed by atoms with Gasteiger partial charge >= 0.3 is 0 Å². The Bertz CT molecular complexity index is 505. The van der Waals surface area contributed by atoms with Gasteiger partial charge in [-0.05, 0) is 24.0 Å². The number of amides is 2. The standard InChI is InChI=1S/C15H21BrN2O3/c1-9(2)7-13(19)15(21)18-12(14(17)20)8-10-5-3-4-6-11(10)16/h3-6,9,12-13,19H,7-8H2,1-2H3,(H2,17,20)(H,18,21)/t12-,13-/m0/s1. The number of hydrogen-bond donors (Lipinski definition) is 3. The Morgan fingerprint density at radius 2 is 1.95 bits per heavy atom. The van der Waals surface area contributed by atoms with Gasteiger partial charge in [0.25, 0.3) is 0 Å². The normalized spacial score (nSPS) is 13.8. The molecule has 0 aliphatic carbocycles. The highest BCUT2D eigenvalue weighted by molar-refractivity contribution is 9.10. The van der Waals surface area contributed by atoms with Gasteiger partial charge in [0.2, 0.25) is 11.8 Å². The van der Waals surface area contributed by atoms with Crippen molar-refractivity contribution in [1.29, 1.82) is 0 Å². The fourth-order valence-electron chi connectivity index (χ4n) is 1.93. The Kier molecular flexibility index (Phi) is 6.84. The number of halogens is 1. The Morgan fingerprint density at radius 3 is 2.48 bits per heavy atom. The van der Waals surface area contributed by atoms with Crippen molar-refractivity contribution >= 4 is 27.7 Å². The van der Waals surface area contributed by atoms with Crippen molar-refractivity contribution in [3.63, 3.8) is 0 Å². The lowest BCUT2D eigenvalue weighted by Gasteiger charge is -2.19. The molecule has 1 aromatic rings. The third-order valence-corrected chi connectivity index (χ3v) is 3.81. The third kappa shape index (κ3) is 5.85. The van der Waals surface area contributed by atoms with E-state index >= 15 is 0 Å². The summed E-state index contributed by atoms with van der Waals surface area (Å²) in [4.78, 5) is 23.4. The molecule has 2 amide bonds. The number of benzene rings is 1. The molecule has 5 nitrogen and oxygen atoms in total. The molecule has 0 saturated carbocycles. The highest BCUT2D eigenvalue weighted by Gasteiger charge is 2.24. The molecule has 0 heterocycles. The van der Waals surface area contributed by atoms with Crippen LogP contribution in [0.2, 0.25) is 0 Å². The molecular formula is C15H21BrN2O3. The van der Waals surface area contributed by atoms with Crippen LogP contribution < -0.4 is 11.1 Å². The molecule has 1 aromatic carbocycles. The van der Waals surface area contributed by atoms with Crippen molar-refractivity contribution < 1.29 is 14.7 Å². The lowest BCUT2D eigenvalue weighted by Crippen LogP contribution is -2.49.